The minimum absolute atomic E-state index is 0.881. The van der Waals surface area contributed by atoms with E-state index in [0.717, 1.165) is 111 Å². The second kappa shape index (κ2) is 13.3. The Morgan fingerprint density at radius 1 is 0.258 bits per heavy atom. The topological polar surface area (TPSA) is 42.6 Å². The Bertz CT molecular complexity index is 4030. The number of rotatable bonds is 4. The summed E-state index contributed by atoms with van der Waals surface area (Å²) in [6, 6.07) is 78.5. The van der Waals surface area contributed by atoms with E-state index in [0.29, 0.717) is 0 Å². The van der Waals surface area contributed by atoms with Gasteiger partial charge in [-0.25, -0.2) is 0 Å². The fourth-order valence-electron chi connectivity index (χ4n) is 11.1. The van der Waals surface area contributed by atoms with E-state index >= 15 is 0 Å². The number of hydrogen-bond donors (Lipinski definition) is 0. The van der Waals surface area contributed by atoms with Crippen LogP contribution in [0.4, 0.5) is 34.1 Å². The molecule has 0 unspecified atom stereocenters. The number of fused-ring (bicyclic) bond motifs is 16. The van der Waals surface area contributed by atoms with Crippen LogP contribution in [0.2, 0.25) is 0 Å². The quantitative estimate of drug-likeness (QED) is 0.177. The lowest BCUT2D eigenvalue weighted by molar-refractivity contribution is 0.668. The number of aromatic nitrogens is 2. The van der Waals surface area contributed by atoms with Crippen molar-refractivity contribution in [3.63, 3.8) is 0 Å². The molecule has 6 heteroatoms. The molecule has 14 aromatic rings. The lowest BCUT2D eigenvalue weighted by atomic mass is 9.98. The highest BCUT2D eigenvalue weighted by molar-refractivity contribution is 6.27. The zero-order valence-corrected chi connectivity index (χ0v) is 35.4. The largest absolute Gasteiger partial charge is 0.456 e. The average Bonchev–Trinajstić information content (AvgIpc) is 4.13. The van der Waals surface area contributed by atoms with Gasteiger partial charge in [-0.05, 0) is 109 Å². The van der Waals surface area contributed by atoms with Crippen LogP contribution in [0.3, 0.4) is 0 Å². The van der Waals surface area contributed by atoms with E-state index in [-0.39, 0.29) is 0 Å². The van der Waals surface area contributed by atoms with E-state index in [1.54, 1.807) is 0 Å². The zero-order valence-electron chi connectivity index (χ0n) is 35.4. The molecule has 0 bridgehead atoms. The van der Waals surface area contributed by atoms with Crippen LogP contribution < -0.4 is 9.80 Å². The van der Waals surface area contributed by atoms with Crippen molar-refractivity contribution in [1.29, 1.82) is 0 Å². The van der Waals surface area contributed by atoms with Crippen molar-refractivity contribution >= 4 is 122 Å². The molecule has 66 heavy (non-hydrogen) atoms. The van der Waals surface area contributed by atoms with Gasteiger partial charge < -0.3 is 27.8 Å². The molecular formula is C60H36N4O2. The molecule has 15 rings (SSSR count). The first-order valence-electron chi connectivity index (χ1n) is 22.4. The van der Waals surface area contributed by atoms with Gasteiger partial charge in [-0.2, -0.15) is 0 Å². The van der Waals surface area contributed by atoms with Crippen LogP contribution in [0.1, 0.15) is 0 Å². The number of benzene rings is 10. The van der Waals surface area contributed by atoms with Crippen LogP contribution in [0.15, 0.2) is 227 Å². The minimum Gasteiger partial charge on any atom is -0.456 e. The Labute approximate surface area is 377 Å². The Balaban J connectivity index is 1.06. The first-order chi connectivity index (χ1) is 32.8. The van der Waals surface area contributed by atoms with Crippen LogP contribution in [0.5, 0.6) is 0 Å². The standard InChI is InChI=1S/C60H36N4O2/c1-3-15-37(16-4-1)63-51-31-29-50-58(44-22-8-12-24-48(44)62(50)40-28-34-56-46(36-40)42-20-10-14-26-54(42)66-56)60(51)64(38-17-5-2-6-18-38)52-32-30-49-57(59(52)63)43-21-7-11-23-47(43)61(49)39-27-33-55-45(35-39)41-19-9-13-25-53(41)65-55/h1-36H. The summed E-state index contributed by atoms with van der Waals surface area (Å²) in [5, 5.41) is 9.14. The summed E-state index contributed by atoms with van der Waals surface area (Å²) in [6.07, 6.45) is 0. The van der Waals surface area contributed by atoms with E-state index in [2.05, 4.69) is 213 Å². The van der Waals surface area contributed by atoms with E-state index < -0.39 is 0 Å². The van der Waals surface area contributed by atoms with Gasteiger partial charge in [0.2, 0.25) is 0 Å². The predicted molar refractivity (Wildman–Crippen MR) is 273 cm³/mol. The highest BCUT2D eigenvalue weighted by atomic mass is 16.3. The fourth-order valence-corrected chi connectivity index (χ4v) is 11.1. The van der Waals surface area contributed by atoms with Crippen LogP contribution in [-0.4, -0.2) is 9.13 Å². The van der Waals surface area contributed by atoms with Crippen molar-refractivity contribution in [2.45, 2.75) is 0 Å². The van der Waals surface area contributed by atoms with E-state index in [9.17, 15) is 0 Å². The van der Waals surface area contributed by atoms with Crippen LogP contribution in [0.25, 0.3) is 98.9 Å². The number of hydrogen-bond acceptors (Lipinski definition) is 4. The third kappa shape index (κ3) is 4.79. The monoisotopic (exact) mass is 844 g/mol. The summed E-state index contributed by atoms with van der Waals surface area (Å²) < 4.78 is 17.5. The molecule has 0 radical (unpaired) electrons. The van der Waals surface area contributed by atoms with Gasteiger partial charge in [-0.3, -0.25) is 0 Å². The van der Waals surface area contributed by atoms with Crippen LogP contribution in [-0.2, 0) is 0 Å². The summed E-state index contributed by atoms with van der Waals surface area (Å²) in [4.78, 5) is 5.01. The van der Waals surface area contributed by atoms with E-state index in [1.165, 1.54) is 21.5 Å². The molecule has 0 saturated carbocycles. The Morgan fingerprint density at radius 3 is 1.09 bits per heavy atom. The molecule has 10 aromatic carbocycles. The second-order valence-corrected chi connectivity index (χ2v) is 17.3. The first kappa shape index (κ1) is 35.5. The predicted octanol–water partition coefficient (Wildman–Crippen LogP) is 16.9. The molecule has 1 aliphatic rings. The molecule has 0 aliphatic carbocycles. The van der Waals surface area contributed by atoms with E-state index in [4.69, 9.17) is 8.83 Å². The van der Waals surface area contributed by atoms with Gasteiger partial charge >= 0.3 is 0 Å². The van der Waals surface area contributed by atoms with Crippen molar-refractivity contribution < 1.29 is 8.83 Å². The molecule has 4 aromatic heterocycles. The summed E-state index contributed by atoms with van der Waals surface area (Å²) in [5.41, 5.74) is 16.9. The Hall–Kier alpha value is -9.00. The van der Waals surface area contributed by atoms with Crippen molar-refractivity contribution in [2.75, 3.05) is 9.80 Å². The normalized spacial score (nSPS) is 12.8. The lowest BCUT2D eigenvalue weighted by Gasteiger charge is -2.41. The molecule has 308 valence electrons. The molecule has 0 amide bonds. The van der Waals surface area contributed by atoms with E-state index in [1.807, 2.05) is 24.3 Å². The highest BCUT2D eigenvalue weighted by Gasteiger charge is 2.36. The summed E-state index contributed by atoms with van der Waals surface area (Å²) in [7, 11) is 0. The van der Waals surface area contributed by atoms with Crippen molar-refractivity contribution in [2.24, 2.45) is 0 Å². The van der Waals surface area contributed by atoms with Gasteiger partial charge in [0.05, 0.1) is 44.8 Å². The van der Waals surface area contributed by atoms with Gasteiger partial charge in [0.1, 0.15) is 22.3 Å². The summed E-state index contributed by atoms with van der Waals surface area (Å²) in [6.45, 7) is 0. The fraction of sp³-hybridized carbons (Fsp3) is 0. The number of anilines is 6. The first-order valence-corrected chi connectivity index (χ1v) is 22.4. The zero-order chi connectivity index (χ0) is 43.0. The highest BCUT2D eigenvalue weighted by Crippen LogP contribution is 2.60. The third-order valence-electron chi connectivity index (χ3n) is 13.8. The molecule has 1 aliphatic heterocycles. The Morgan fingerprint density at radius 2 is 0.636 bits per heavy atom. The minimum atomic E-state index is 0.881. The molecule has 0 spiro atoms. The molecule has 0 N–H and O–H groups in total. The molecular weight excluding hydrogens is 809 g/mol. The van der Waals surface area contributed by atoms with Crippen molar-refractivity contribution in [3.05, 3.63) is 218 Å². The van der Waals surface area contributed by atoms with Crippen molar-refractivity contribution in [3.8, 4) is 11.4 Å². The Kier molecular flexibility index (Phi) is 7.13. The molecule has 6 nitrogen and oxygen atoms in total. The summed E-state index contributed by atoms with van der Waals surface area (Å²) >= 11 is 0. The second-order valence-electron chi connectivity index (χ2n) is 17.3. The van der Waals surface area contributed by atoms with Crippen molar-refractivity contribution in [1.82, 2.24) is 9.13 Å². The van der Waals surface area contributed by atoms with Gasteiger partial charge in [0.15, 0.2) is 0 Å². The maximum Gasteiger partial charge on any atom is 0.135 e. The van der Waals surface area contributed by atoms with Gasteiger partial charge in [-0.15, -0.1) is 0 Å². The van der Waals surface area contributed by atoms with Crippen LogP contribution in [0, 0.1) is 0 Å². The lowest BCUT2D eigenvalue weighted by Crippen LogP contribution is -2.24. The molecule has 0 fully saturated rings. The number of para-hydroxylation sites is 6. The van der Waals surface area contributed by atoms with Gasteiger partial charge in [0, 0.05) is 65.8 Å². The van der Waals surface area contributed by atoms with Gasteiger partial charge in [-0.1, -0.05) is 109 Å². The summed E-state index contributed by atoms with van der Waals surface area (Å²) in [5.74, 6) is 0. The molecule has 5 heterocycles. The molecule has 0 saturated heterocycles. The number of nitrogens with zero attached hydrogens (tertiary/aromatic N) is 4. The third-order valence-corrected chi connectivity index (χ3v) is 13.8. The molecule has 0 atom stereocenters. The number of furan rings is 2. The smallest absolute Gasteiger partial charge is 0.135 e. The van der Waals surface area contributed by atoms with Gasteiger partial charge in [0.25, 0.3) is 0 Å². The SMILES string of the molecule is c1ccc(N2c3ccc4c(c3N(c3ccccc3)c3ccc5c(c32)c2ccccc2n5-c2ccc3oc5ccccc5c3c2)c2ccccc2n4-c2ccc3oc4ccccc4c3c2)cc1. The van der Waals surface area contributed by atoms with Crippen LogP contribution >= 0.6 is 0 Å². The maximum absolute atomic E-state index is 6.31. The average molecular weight is 845 g/mol. The maximum atomic E-state index is 6.31.